The molecule has 0 amide bonds. The molecule has 1 aromatic rings. The Morgan fingerprint density at radius 1 is 1.54 bits per heavy atom. The number of phenolic OH excluding ortho intramolecular Hbond substituents is 1. The van der Waals surface area contributed by atoms with Gasteiger partial charge in [0.2, 0.25) is 0 Å². The lowest BCUT2D eigenvalue weighted by molar-refractivity contribution is 0.318. The lowest BCUT2D eigenvalue weighted by atomic mass is 10.1. The molecule has 0 spiro atoms. The van der Waals surface area contributed by atoms with E-state index in [0.29, 0.717) is 6.42 Å². The fraction of sp³-hybridized carbons (Fsp3) is 0.222. The summed E-state index contributed by atoms with van der Waals surface area (Å²) in [4.78, 5) is 0. The van der Waals surface area contributed by atoms with Crippen molar-refractivity contribution >= 4 is 5.71 Å². The van der Waals surface area contributed by atoms with Crippen LogP contribution in [0, 0.1) is 5.82 Å². The first-order valence-corrected chi connectivity index (χ1v) is 3.89. The number of aromatic hydroxyl groups is 1. The topological polar surface area (TPSA) is 52.8 Å². The quantitative estimate of drug-likeness (QED) is 0.419. The largest absolute Gasteiger partial charge is 0.504 e. The summed E-state index contributed by atoms with van der Waals surface area (Å²) >= 11 is 0. The van der Waals surface area contributed by atoms with Gasteiger partial charge in [0.15, 0.2) is 11.6 Å². The zero-order valence-corrected chi connectivity index (χ0v) is 7.16. The molecule has 1 aromatic carbocycles. The van der Waals surface area contributed by atoms with Crippen LogP contribution in [0.4, 0.5) is 4.39 Å². The van der Waals surface area contributed by atoms with E-state index in [1.165, 1.54) is 12.1 Å². The molecule has 0 saturated carbocycles. The van der Waals surface area contributed by atoms with Crippen molar-refractivity contribution in [2.75, 3.05) is 0 Å². The zero-order valence-electron chi connectivity index (χ0n) is 7.16. The Labute approximate surface area is 75.1 Å². The molecular formula is C9H10FNO2. The van der Waals surface area contributed by atoms with Crippen LogP contribution in [0.25, 0.3) is 0 Å². The van der Waals surface area contributed by atoms with Crippen molar-refractivity contribution in [3.05, 3.63) is 29.6 Å². The number of halogens is 1. The van der Waals surface area contributed by atoms with Crippen molar-refractivity contribution in [1.82, 2.24) is 0 Å². The average Bonchev–Trinajstić information content (AvgIpc) is 2.14. The standard InChI is InChI=1S/C9H10FNO2/c1-2-8(11-13)6-4-3-5-7(10)9(6)12/h3-5,12-13H,2H2,1H3. The first-order valence-electron chi connectivity index (χ1n) is 3.89. The third-order valence-corrected chi connectivity index (χ3v) is 1.75. The van der Waals surface area contributed by atoms with E-state index in [0.717, 1.165) is 6.07 Å². The number of para-hydroxylation sites is 1. The van der Waals surface area contributed by atoms with E-state index in [-0.39, 0.29) is 11.3 Å². The van der Waals surface area contributed by atoms with Crippen LogP contribution in [-0.2, 0) is 0 Å². The summed E-state index contributed by atoms with van der Waals surface area (Å²) in [5, 5.41) is 20.8. The van der Waals surface area contributed by atoms with Crippen LogP contribution in [0.15, 0.2) is 23.4 Å². The van der Waals surface area contributed by atoms with Crippen molar-refractivity contribution in [3.8, 4) is 5.75 Å². The normalized spacial score (nSPS) is 11.7. The molecule has 4 heteroatoms. The summed E-state index contributed by atoms with van der Waals surface area (Å²) in [6.45, 7) is 1.75. The van der Waals surface area contributed by atoms with Gasteiger partial charge < -0.3 is 10.3 Å². The molecule has 1 rings (SSSR count). The van der Waals surface area contributed by atoms with Gasteiger partial charge in [0.25, 0.3) is 0 Å². The van der Waals surface area contributed by atoms with Gasteiger partial charge in [-0.05, 0) is 18.6 Å². The Bertz CT molecular complexity index is 336. The van der Waals surface area contributed by atoms with Crippen LogP contribution in [-0.4, -0.2) is 16.0 Å². The van der Waals surface area contributed by atoms with Gasteiger partial charge in [-0.2, -0.15) is 0 Å². The summed E-state index contributed by atoms with van der Waals surface area (Å²) in [5.41, 5.74) is 0.488. The van der Waals surface area contributed by atoms with Gasteiger partial charge >= 0.3 is 0 Å². The zero-order chi connectivity index (χ0) is 9.84. The van der Waals surface area contributed by atoms with Crippen LogP contribution in [0.3, 0.4) is 0 Å². The Morgan fingerprint density at radius 2 is 2.23 bits per heavy atom. The highest BCUT2D eigenvalue weighted by Crippen LogP contribution is 2.22. The number of nitrogens with zero attached hydrogens (tertiary/aromatic N) is 1. The second-order valence-electron chi connectivity index (χ2n) is 2.54. The molecule has 0 atom stereocenters. The molecular weight excluding hydrogens is 173 g/mol. The van der Waals surface area contributed by atoms with Crippen LogP contribution in [0.2, 0.25) is 0 Å². The fourth-order valence-electron chi connectivity index (χ4n) is 1.06. The van der Waals surface area contributed by atoms with Gasteiger partial charge in [-0.25, -0.2) is 4.39 Å². The van der Waals surface area contributed by atoms with E-state index in [1.54, 1.807) is 6.92 Å². The highest BCUT2D eigenvalue weighted by molar-refractivity contribution is 6.02. The molecule has 2 N–H and O–H groups in total. The fourth-order valence-corrected chi connectivity index (χ4v) is 1.06. The molecule has 0 aliphatic rings. The average molecular weight is 183 g/mol. The Balaban J connectivity index is 3.22. The lowest BCUT2D eigenvalue weighted by Gasteiger charge is -2.04. The number of hydrogen-bond acceptors (Lipinski definition) is 3. The predicted octanol–water partition coefficient (Wildman–Crippen LogP) is 2.12. The van der Waals surface area contributed by atoms with E-state index in [9.17, 15) is 9.50 Å². The van der Waals surface area contributed by atoms with E-state index in [1.807, 2.05) is 0 Å². The summed E-state index contributed by atoms with van der Waals surface area (Å²) in [5.74, 6) is -1.19. The van der Waals surface area contributed by atoms with Gasteiger partial charge in [0.05, 0.1) is 5.71 Å². The smallest absolute Gasteiger partial charge is 0.165 e. The second kappa shape index (κ2) is 3.89. The van der Waals surface area contributed by atoms with Crippen molar-refractivity contribution in [2.45, 2.75) is 13.3 Å². The molecule has 3 nitrogen and oxygen atoms in total. The molecule has 0 saturated heterocycles. The minimum Gasteiger partial charge on any atom is -0.504 e. The maximum atomic E-state index is 12.8. The highest BCUT2D eigenvalue weighted by Gasteiger charge is 2.10. The third kappa shape index (κ3) is 1.77. The SMILES string of the molecule is CCC(=NO)c1cccc(F)c1O. The van der Waals surface area contributed by atoms with Crippen LogP contribution in [0.5, 0.6) is 5.75 Å². The Kier molecular flexibility index (Phi) is 2.84. The first-order chi connectivity index (χ1) is 6.20. The van der Waals surface area contributed by atoms with E-state index in [2.05, 4.69) is 5.16 Å². The summed E-state index contributed by atoms with van der Waals surface area (Å²) in [6, 6.07) is 4.09. The predicted molar refractivity (Wildman–Crippen MR) is 46.7 cm³/mol. The number of rotatable bonds is 2. The molecule has 0 bridgehead atoms. The molecule has 0 fully saturated rings. The molecule has 0 aliphatic carbocycles. The van der Waals surface area contributed by atoms with Crippen LogP contribution < -0.4 is 0 Å². The first kappa shape index (κ1) is 9.51. The van der Waals surface area contributed by atoms with Gasteiger partial charge in [0, 0.05) is 5.56 Å². The van der Waals surface area contributed by atoms with E-state index < -0.39 is 11.6 Å². The van der Waals surface area contributed by atoms with Crippen molar-refractivity contribution in [2.24, 2.45) is 5.16 Å². The maximum Gasteiger partial charge on any atom is 0.165 e. The molecule has 0 unspecified atom stereocenters. The summed E-state index contributed by atoms with van der Waals surface area (Å²) in [7, 11) is 0. The molecule has 0 aromatic heterocycles. The van der Waals surface area contributed by atoms with Crippen LogP contribution in [0.1, 0.15) is 18.9 Å². The Hall–Kier alpha value is -1.58. The number of benzene rings is 1. The van der Waals surface area contributed by atoms with E-state index >= 15 is 0 Å². The molecule has 0 aliphatic heterocycles. The number of phenols is 1. The molecule has 70 valence electrons. The van der Waals surface area contributed by atoms with Gasteiger partial charge in [-0.3, -0.25) is 0 Å². The number of oxime groups is 1. The van der Waals surface area contributed by atoms with Crippen molar-refractivity contribution in [3.63, 3.8) is 0 Å². The van der Waals surface area contributed by atoms with Crippen molar-refractivity contribution < 1.29 is 14.7 Å². The highest BCUT2D eigenvalue weighted by atomic mass is 19.1. The van der Waals surface area contributed by atoms with Crippen molar-refractivity contribution in [1.29, 1.82) is 0 Å². The molecule has 13 heavy (non-hydrogen) atoms. The summed E-state index contributed by atoms with van der Waals surface area (Å²) in [6.07, 6.45) is 0.424. The third-order valence-electron chi connectivity index (χ3n) is 1.75. The maximum absolute atomic E-state index is 12.8. The molecule has 0 radical (unpaired) electrons. The van der Waals surface area contributed by atoms with Gasteiger partial charge in [-0.15, -0.1) is 0 Å². The second-order valence-corrected chi connectivity index (χ2v) is 2.54. The van der Waals surface area contributed by atoms with Gasteiger partial charge in [-0.1, -0.05) is 18.1 Å². The summed E-state index contributed by atoms with van der Waals surface area (Å²) < 4.78 is 12.8. The minimum absolute atomic E-state index is 0.227. The van der Waals surface area contributed by atoms with E-state index in [4.69, 9.17) is 5.21 Å². The minimum atomic E-state index is -0.716. The number of hydrogen-bond donors (Lipinski definition) is 2. The monoisotopic (exact) mass is 183 g/mol. The molecule has 0 heterocycles. The Morgan fingerprint density at radius 3 is 2.77 bits per heavy atom. The van der Waals surface area contributed by atoms with Gasteiger partial charge in [0.1, 0.15) is 0 Å². The lowest BCUT2D eigenvalue weighted by Crippen LogP contribution is -2.00. The van der Waals surface area contributed by atoms with Crippen LogP contribution >= 0.6 is 0 Å².